The molecule has 25 heavy (non-hydrogen) atoms. The number of hydrogen-bond donors (Lipinski definition) is 0. The van der Waals surface area contributed by atoms with Crippen LogP contribution in [0.2, 0.25) is 0 Å². The van der Waals surface area contributed by atoms with Gasteiger partial charge in [0.05, 0.1) is 25.1 Å². The lowest BCUT2D eigenvalue weighted by atomic mass is 10.0. The first-order valence-corrected chi connectivity index (χ1v) is 9.76. The standard InChI is InChI=1S/C19H23N3O2S/c1-15-13-23-19(24-15)7-9-22(10-8-19)17-11-20-12-18(21-17)25-14-16-5-3-2-4-6-16/h2-6,11-12,15H,7-10,13-14H2,1H3. The molecule has 0 N–H and O–H groups in total. The third-order valence-electron chi connectivity index (χ3n) is 4.68. The molecule has 5 nitrogen and oxygen atoms in total. The smallest absolute Gasteiger partial charge is 0.172 e. The number of rotatable bonds is 4. The van der Waals surface area contributed by atoms with Crippen LogP contribution in [0.1, 0.15) is 25.3 Å². The largest absolute Gasteiger partial charge is 0.355 e. The van der Waals surface area contributed by atoms with Crippen molar-refractivity contribution in [2.24, 2.45) is 0 Å². The van der Waals surface area contributed by atoms with Gasteiger partial charge in [-0.15, -0.1) is 11.8 Å². The molecule has 1 atom stereocenters. The second kappa shape index (κ2) is 7.32. The van der Waals surface area contributed by atoms with Gasteiger partial charge in [0.25, 0.3) is 0 Å². The first-order valence-electron chi connectivity index (χ1n) is 8.78. The van der Waals surface area contributed by atoms with E-state index in [0.29, 0.717) is 6.61 Å². The predicted molar refractivity (Wildman–Crippen MR) is 98.7 cm³/mol. The summed E-state index contributed by atoms with van der Waals surface area (Å²) in [5.41, 5.74) is 1.30. The van der Waals surface area contributed by atoms with Gasteiger partial charge in [-0.2, -0.15) is 0 Å². The molecule has 132 valence electrons. The average Bonchev–Trinajstić information content (AvgIpc) is 3.02. The van der Waals surface area contributed by atoms with E-state index in [1.165, 1.54) is 5.56 Å². The topological polar surface area (TPSA) is 47.5 Å². The Balaban J connectivity index is 1.37. The van der Waals surface area contributed by atoms with Crippen molar-refractivity contribution in [1.29, 1.82) is 0 Å². The highest BCUT2D eigenvalue weighted by atomic mass is 32.2. The molecular formula is C19H23N3O2S. The van der Waals surface area contributed by atoms with Crippen LogP contribution >= 0.6 is 11.8 Å². The Morgan fingerprint density at radius 1 is 1.20 bits per heavy atom. The fourth-order valence-electron chi connectivity index (χ4n) is 3.33. The lowest BCUT2D eigenvalue weighted by Gasteiger charge is -2.38. The Kier molecular flexibility index (Phi) is 4.92. The van der Waals surface area contributed by atoms with Gasteiger partial charge in [0, 0.05) is 31.7 Å². The Hall–Kier alpha value is -1.63. The molecule has 6 heteroatoms. The minimum Gasteiger partial charge on any atom is -0.355 e. The van der Waals surface area contributed by atoms with E-state index < -0.39 is 0 Å². The van der Waals surface area contributed by atoms with E-state index in [1.807, 2.05) is 18.5 Å². The molecule has 0 saturated carbocycles. The second-order valence-electron chi connectivity index (χ2n) is 6.63. The third kappa shape index (κ3) is 3.97. The van der Waals surface area contributed by atoms with Crippen LogP contribution in [-0.2, 0) is 15.2 Å². The average molecular weight is 357 g/mol. The van der Waals surface area contributed by atoms with Crippen molar-refractivity contribution in [2.75, 3.05) is 24.6 Å². The highest BCUT2D eigenvalue weighted by Crippen LogP contribution is 2.35. The van der Waals surface area contributed by atoms with Crippen LogP contribution in [0.4, 0.5) is 5.82 Å². The van der Waals surface area contributed by atoms with Gasteiger partial charge in [-0.05, 0) is 12.5 Å². The number of hydrogen-bond acceptors (Lipinski definition) is 6. The molecule has 0 radical (unpaired) electrons. The molecule has 1 unspecified atom stereocenters. The van der Waals surface area contributed by atoms with Crippen LogP contribution in [0, 0.1) is 0 Å². The first-order chi connectivity index (χ1) is 12.2. The van der Waals surface area contributed by atoms with E-state index in [0.717, 1.165) is 42.5 Å². The van der Waals surface area contributed by atoms with Crippen LogP contribution in [-0.4, -0.2) is 41.6 Å². The summed E-state index contributed by atoms with van der Waals surface area (Å²) in [6.07, 6.45) is 5.64. The molecule has 0 aliphatic carbocycles. The molecule has 1 spiro atoms. The summed E-state index contributed by atoms with van der Waals surface area (Å²) in [6.45, 7) is 4.54. The van der Waals surface area contributed by atoms with E-state index in [2.05, 4.69) is 41.1 Å². The van der Waals surface area contributed by atoms with Gasteiger partial charge in [-0.3, -0.25) is 4.98 Å². The highest BCUT2D eigenvalue weighted by molar-refractivity contribution is 7.98. The first kappa shape index (κ1) is 16.8. The quantitative estimate of drug-likeness (QED) is 0.781. The molecule has 1 aromatic carbocycles. The maximum absolute atomic E-state index is 6.00. The normalized spacial score (nSPS) is 22.4. The van der Waals surface area contributed by atoms with E-state index in [1.54, 1.807) is 11.8 Å². The molecule has 0 bridgehead atoms. The van der Waals surface area contributed by atoms with Crippen molar-refractivity contribution in [3.8, 4) is 0 Å². The van der Waals surface area contributed by atoms with Crippen molar-refractivity contribution >= 4 is 17.6 Å². The number of ether oxygens (including phenoxy) is 2. The van der Waals surface area contributed by atoms with Crippen molar-refractivity contribution in [2.45, 2.75) is 42.4 Å². The van der Waals surface area contributed by atoms with E-state index in [4.69, 9.17) is 14.5 Å². The lowest BCUT2D eigenvalue weighted by Crippen LogP contribution is -2.45. The van der Waals surface area contributed by atoms with Crippen molar-refractivity contribution < 1.29 is 9.47 Å². The van der Waals surface area contributed by atoms with Gasteiger partial charge >= 0.3 is 0 Å². The Bertz CT molecular complexity index is 705. The maximum Gasteiger partial charge on any atom is 0.172 e. The molecule has 0 amide bonds. The lowest BCUT2D eigenvalue weighted by molar-refractivity contribution is -0.178. The van der Waals surface area contributed by atoms with Crippen LogP contribution < -0.4 is 4.90 Å². The van der Waals surface area contributed by atoms with E-state index in [9.17, 15) is 0 Å². The monoisotopic (exact) mass is 357 g/mol. The van der Waals surface area contributed by atoms with Gasteiger partial charge in [0.15, 0.2) is 5.79 Å². The SMILES string of the molecule is CC1COC2(CCN(c3cncc(SCc4ccccc4)n3)CC2)O1. The second-order valence-corrected chi connectivity index (χ2v) is 7.62. The number of piperidine rings is 1. The van der Waals surface area contributed by atoms with Crippen LogP contribution in [0.5, 0.6) is 0 Å². The predicted octanol–water partition coefficient (Wildman–Crippen LogP) is 3.50. The summed E-state index contributed by atoms with van der Waals surface area (Å²) in [7, 11) is 0. The van der Waals surface area contributed by atoms with Gasteiger partial charge in [-0.25, -0.2) is 4.98 Å². The number of aromatic nitrogens is 2. The van der Waals surface area contributed by atoms with Gasteiger partial charge < -0.3 is 14.4 Å². The van der Waals surface area contributed by atoms with E-state index >= 15 is 0 Å². The van der Waals surface area contributed by atoms with Gasteiger partial charge in [-0.1, -0.05) is 30.3 Å². The number of anilines is 1. The zero-order chi connectivity index (χ0) is 17.1. The summed E-state index contributed by atoms with van der Waals surface area (Å²) in [5, 5.41) is 0.962. The van der Waals surface area contributed by atoms with Gasteiger partial charge in [0.2, 0.25) is 0 Å². The fourth-order valence-corrected chi connectivity index (χ4v) is 4.13. The molecule has 1 aromatic heterocycles. The van der Waals surface area contributed by atoms with Crippen LogP contribution in [0.3, 0.4) is 0 Å². The third-order valence-corrected chi connectivity index (χ3v) is 5.65. The summed E-state index contributed by atoms with van der Waals surface area (Å²) in [6, 6.07) is 10.4. The molecule has 3 heterocycles. The number of benzene rings is 1. The molecule has 2 saturated heterocycles. The Morgan fingerprint density at radius 2 is 2.00 bits per heavy atom. The van der Waals surface area contributed by atoms with Crippen molar-refractivity contribution in [3.05, 3.63) is 48.3 Å². The molecule has 2 aromatic rings. The summed E-state index contributed by atoms with van der Waals surface area (Å²) in [5.74, 6) is 1.48. The summed E-state index contributed by atoms with van der Waals surface area (Å²) in [4.78, 5) is 11.5. The Labute approximate surface area is 152 Å². The van der Waals surface area contributed by atoms with Crippen LogP contribution in [0.25, 0.3) is 0 Å². The molecule has 2 aliphatic heterocycles. The summed E-state index contributed by atoms with van der Waals surface area (Å²) >= 11 is 1.72. The maximum atomic E-state index is 6.00. The minimum atomic E-state index is -0.372. The van der Waals surface area contributed by atoms with Crippen molar-refractivity contribution in [3.63, 3.8) is 0 Å². The van der Waals surface area contributed by atoms with Crippen molar-refractivity contribution in [1.82, 2.24) is 9.97 Å². The highest BCUT2D eigenvalue weighted by Gasteiger charge is 2.42. The summed E-state index contributed by atoms with van der Waals surface area (Å²) < 4.78 is 11.9. The van der Waals surface area contributed by atoms with Crippen LogP contribution in [0.15, 0.2) is 47.8 Å². The molecule has 2 fully saturated rings. The number of thioether (sulfide) groups is 1. The van der Waals surface area contributed by atoms with E-state index in [-0.39, 0.29) is 11.9 Å². The molecule has 4 rings (SSSR count). The van der Waals surface area contributed by atoms with Gasteiger partial charge in [0.1, 0.15) is 10.8 Å². The molecular weight excluding hydrogens is 334 g/mol. The zero-order valence-corrected chi connectivity index (χ0v) is 15.2. The molecule has 2 aliphatic rings. The number of nitrogens with zero attached hydrogens (tertiary/aromatic N) is 3. The zero-order valence-electron chi connectivity index (χ0n) is 14.4. The Morgan fingerprint density at radius 3 is 2.72 bits per heavy atom. The minimum absolute atomic E-state index is 0.198. The fraction of sp³-hybridized carbons (Fsp3) is 0.474.